The molecule has 0 spiro atoms. The molecule has 1 aromatic heterocycles. The molecule has 0 radical (unpaired) electrons. The predicted octanol–water partition coefficient (Wildman–Crippen LogP) is 3.30. The molecule has 1 saturated heterocycles. The normalized spacial score (nSPS) is 17.8. The van der Waals surface area contributed by atoms with Gasteiger partial charge < -0.3 is 15.0 Å². The minimum Gasteiger partial charge on any atom is -0.370 e. The van der Waals surface area contributed by atoms with Gasteiger partial charge in [0.2, 0.25) is 0 Å². The summed E-state index contributed by atoms with van der Waals surface area (Å²) >= 11 is 1.61. The Hall–Kier alpha value is -1.92. The lowest BCUT2D eigenvalue weighted by molar-refractivity contribution is -0.0154. The van der Waals surface area contributed by atoms with Gasteiger partial charge in [0.25, 0.3) is 0 Å². The number of aromatic nitrogens is 1. The van der Waals surface area contributed by atoms with Gasteiger partial charge in [-0.05, 0) is 24.5 Å². The molecule has 1 N–H and O–H groups in total. The third kappa shape index (κ3) is 4.13. The van der Waals surface area contributed by atoms with Crippen LogP contribution in [0.5, 0.6) is 0 Å². The first kappa shape index (κ1) is 16.9. The molecule has 1 aliphatic heterocycles. The van der Waals surface area contributed by atoms with E-state index in [-0.39, 0.29) is 12.1 Å². The Balaban J connectivity index is 1.56. The second kappa shape index (κ2) is 7.77. The highest BCUT2D eigenvalue weighted by molar-refractivity contribution is 7.11. The second-order valence-corrected chi connectivity index (χ2v) is 7.24. The Morgan fingerprint density at radius 1 is 1.42 bits per heavy atom. The van der Waals surface area contributed by atoms with Gasteiger partial charge in [-0.2, -0.15) is 0 Å². The average molecular weight is 345 g/mol. The maximum Gasteiger partial charge on any atom is 0.317 e. The molecule has 128 valence electrons. The summed E-state index contributed by atoms with van der Waals surface area (Å²) in [5.74, 6) is 0. The molecule has 1 aromatic carbocycles. The van der Waals surface area contributed by atoms with Gasteiger partial charge in [0.15, 0.2) is 0 Å². The van der Waals surface area contributed by atoms with E-state index in [0.29, 0.717) is 26.2 Å². The summed E-state index contributed by atoms with van der Waals surface area (Å²) in [6.07, 6.45) is 2.80. The SMILES string of the molecule is CCc1ccc(C2CN(C(=O)NCc3ncc(C)s3)CCO2)cc1. The summed E-state index contributed by atoms with van der Waals surface area (Å²) in [5.41, 5.74) is 2.43. The highest BCUT2D eigenvalue weighted by atomic mass is 32.1. The lowest BCUT2D eigenvalue weighted by atomic mass is 10.0. The largest absolute Gasteiger partial charge is 0.370 e. The summed E-state index contributed by atoms with van der Waals surface area (Å²) in [4.78, 5) is 19.6. The van der Waals surface area contributed by atoms with Crippen molar-refractivity contribution >= 4 is 17.4 Å². The maximum absolute atomic E-state index is 12.4. The van der Waals surface area contributed by atoms with Crippen molar-refractivity contribution in [2.75, 3.05) is 19.7 Å². The number of urea groups is 1. The number of carbonyl (C=O) groups is 1. The van der Waals surface area contributed by atoms with Crippen molar-refractivity contribution in [2.45, 2.75) is 32.9 Å². The summed E-state index contributed by atoms with van der Waals surface area (Å²) < 4.78 is 5.85. The summed E-state index contributed by atoms with van der Waals surface area (Å²) in [7, 11) is 0. The molecule has 24 heavy (non-hydrogen) atoms. The Labute approximate surface area is 146 Å². The third-order valence-corrected chi connectivity index (χ3v) is 5.09. The van der Waals surface area contributed by atoms with Crippen LogP contribution in [-0.4, -0.2) is 35.6 Å². The highest BCUT2D eigenvalue weighted by Crippen LogP contribution is 2.23. The predicted molar refractivity (Wildman–Crippen MR) is 95.2 cm³/mol. The first-order valence-corrected chi connectivity index (χ1v) is 9.12. The molecule has 2 heterocycles. The van der Waals surface area contributed by atoms with Crippen molar-refractivity contribution in [3.8, 4) is 0 Å². The van der Waals surface area contributed by atoms with Gasteiger partial charge in [0.05, 0.1) is 19.7 Å². The number of rotatable bonds is 4. The van der Waals surface area contributed by atoms with Gasteiger partial charge >= 0.3 is 6.03 Å². The zero-order chi connectivity index (χ0) is 16.9. The molecule has 6 heteroatoms. The fourth-order valence-corrected chi connectivity index (χ4v) is 3.48. The number of benzene rings is 1. The molecule has 3 rings (SSSR count). The van der Waals surface area contributed by atoms with E-state index in [1.807, 2.05) is 18.0 Å². The van der Waals surface area contributed by atoms with Crippen LogP contribution in [0.25, 0.3) is 0 Å². The lowest BCUT2D eigenvalue weighted by Crippen LogP contribution is -2.46. The van der Waals surface area contributed by atoms with Crippen LogP contribution in [0, 0.1) is 6.92 Å². The number of nitrogens with zero attached hydrogens (tertiary/aromatic N) is 2. The zero-order valence-corrected chi connectivity index (χ0v) is 14.9. The van der Waals surface area contributed by atoms with E-state index in [1.54, 1.807) is 11.3 Å². The summed E-state index contributed by atoms with van der Waals surface area (Å²) in [6, 6.07) is 8.40. The first-order valence-electron chi connectivity index (χ1n) is 8.30. The average Bonchev–Trinajstić information content (AvgIpc) is 3.05. The monoisotopic (exact) mass is 345 g/mol. The quantitative estimate of drug-likeness (QED) is 0.925. The van der Waals surface area contributed by atoms with E-state index in [1.165, 1.54) is 5.56 Å². The summed E-state index contributed by atoms with van der Waals surface area (Å²) in [6.45, 7) is 6.39. The van der Waals surface area contributed by atoms with Gasteiger partial charge in [-0.15, -0.1) is 11.3 Å². The Morgan fingerprint density at radius 3 is 2.88 bits per heavy atom. The Morgan fingerprint density at radius 2 is 2.21 bits per heavy atom. The number of nitrogens with one attached hydrogen (secondary N) is 1. The fraction of sp³-hybridized carbons (Fsp3) is 0.444. The van der Waals surface area contributed by atoms with Crippen LogP contribution in [0.4, 0.5) is 4.79 Å². The molecule has 0 saturated carbocycles. The molecule has 1 atom stereocenters. The molecule has 1 fully saturated rings. The molecular formula is C18H23N3O2S. The van der Waals surface area contributed by atoms with E-state index in [0.717, 1.165) is 21.9 Å². The Bertz CT molecular complexity index is 684. The van der Waals surface area contributed by atoms with Crippen molar-refractivity contribution in [2.24, 2.45) is 0 Å². The van der Waals surface area contributed by atoms with Crippen molar-refractivity contribution < 1.29 is 9.53 Å². The van der Waals surface area contributed by atoms with Crippen LogP contribution in [0.3, 0.4) is 0 Å². The molecule has 1 unspecified atom stereocenters. The van der Waals surface area contributed by atoms with E-state index >= 15 is 0 Å². The number of carbonyl (C=O) groups excluding carboxylic acids is 1. The molecule has 0 bridgehead atoms. The van der Waals surface area contributed by atoms with Gasteiger partial charge in [-0.3, -0.25) is 0 Å². The lowest BCUT2D eigenvalue weighted by Gasteiger charge is -2.33. The van der Waals surface area contributed by atoms with Crippen molar-refractivity contribution in [3.63, 3.8) is 0 Å². The molecule has 1 aliphatic rings. The maximum atomic E-state index is 12.4. The summed E-state index contributed by atoms with van der Waals surface area (Å²) in [5, 5.41) is 3.88. The van der Waals surface area contributed by atoms with Crippen molar-refractivity contribution in [1.29, 1.82) is 0 Å². The number of aryl methyl sites for hydroxylation is 2. The van der Waals surface area contributed by atoms with Crippen LogP contribution in [-0.2, 0) is 17.7 Å². The highest BCUT2D eigenvalue weighted by Gasteiger charge is 2.25. The van der Waals surface area contributed by atoms with E-state index in [9.17, 15) is 4.79 Å². The van der Waals surface area contributed by atoms with Crippen LogP contribution in [0.1, 0.15) is 34.0 Å². The van der Waals surface area contributed by atoms with E-state index in [4.69, 9.17) is 4.74 Å². The number of ether oxygens (including phenoxy) is 1. The topological polar surface area (TPSA) is 54.5 Å². The van der Waals surface area contributed by atoms with Gasteiger partial charge in [-0.1, -0.05) is 31.2 Å². The number of morpholine rings is 1. The first-order chi connectivity index (χ1) is 11.7. The third-order valence-electron chi connectivity index (χ3n) is 4.17. The number of thiazole rings is 1. The molecule has 2 aromatic rings. The van der Waals surface area contributed by atoms with Gasteiger partial charge in [-0.25, -0.2) is 9.78 Å². The van der Waals surface area contributed by atoms with Gasteiger partial charge in [0, 0.05) is 17.6 Å². The smallest absolute Gasteiger partial charge is 0.317 e. The molecule has 2 amide bonds. The zero-order valence-electron chi connectivity index (χ0n) is 14.1. The van der Waals surface area contributed by atoms with Crippen molar-refractivity contribution in [3.05, 3.63) is 51.5 Å². The van der Waals surface area contributed by atoms with E-state index in [2.05, 4.69) is 41.5 Å². The fourth-order valence-electron chi connectivity index (χ4n) is 2.75. The minimum atomic E-state index is -0.0579. The van der Waals surface area contributed by atoms with Gasteiger partial charge in [0.1, 0.15) is 11.1 Å². The van der Waals surface area contributed by atoms with Crippen LogP contribution >= 0.6 is 11.3 Å². The second-order valence-electron chi connectivity index (χ2n) is 5.92. The van der Waals surface area contributed by atoms with Crippen LogP contribution < -0.4 is 5.32 Å². The molecule has 0 aliphatic carbocycles. The van der Waals surface area contributed by atoms with E-state index < -0.39 is 0 Å². The van der Waals surface area contributed by atoms with Crippen LogP contribution in [0.2, 0.25) is 0 Å². The number of hydrogen-bond acceptors (Lipinski definition) is 4. The van der Waals surface area contributed by atoms with Crippen LogP contribution in [0.15, 0.2) is 30.5 Å². The molecule has 5 nitrogen and oxygen atoms in total. The molecular weight excluding hydrogens is 322 g/mol. The van der Waals surface area contributed by atoms with Crippen molar-refractivity contribution in [1.82, 2.24) is 15.2 Å². The standard InChI is InChI=1S/C18H23N3O2S/c1-3-14-4-6-15(7-5-14)16-12-21(8-9-23-16)18(22)20-11-17-19-10-13(2)24-17/h4-7,10,16H,3,8-9,11-12H2,1-2H3,(H,20,22). The minimum absolute atomic E-state index is 0.0543. The number of amides is 2. The number of hydrogen-bond donors (Lipinski definition) is 1. The Kier molecular flexibility index (Phi) is 5.48.